The van der Waals surface area contributed by atoms with Gasteiger partial charge in [0, 0.05) is 13.1 Å². The van der Waals surface area contributed by atoms with Gasteiger partial charge in [0.25, 0.3) is 5.91 Å². The van der Waals surface area contributed by atoms with E-state index in [0.29, 0.717) is 19.5 Å². The number of methoxy groups -OCH3 is 1. The van der Waals surface area contributed by atoms with Crippen LogP contribution in [0.4, 0.5) is 0 Å². The lowest BCUT2D eigenvalue weighted by Gasteiger charge is -2.16. The fourth-order valence-corrected chi connectivity index (χ4v) is 2.36. The summed E-state index contributed by atoms with van der Waals surface area (Å²) in [5.74, 6) is -0.911. The van der Waals surface area contributed by atoms with Crippen molar-refractivity contribution in [3.8, 4) is 0 Å². The second kappa shape index (κ2) is 5.75. The lowest BCUT2D eigenvalue weighted by Crippen LogP contribution is -2.31. The second-order valence-corrected chi connectivity index (χ2v) is 5.02. The summed E-state index contributed by atoms with van der Waals surface area (Å²) in [6.45, 7) is 0.791. The van der Waals surface area contributed by atoms with Crippen LogP contribution in [0.3, 0.4) is 0 Å². The van der Waals surface area contributed by atoms with E-state index in [9.17, 15) is 9.59 Å². The van der Waals surface area contributed by atoms with E-state index in [1.165, 1.54) is 24.1 Å². The van der Waals surface area contributed by atoms with Crippen LogP contribution in [0.15, 0.2) is 12.1 Å². The van der Waals surface area contributed by atoms with Gasteiger partial charge in [-0.05, 0) is 18.6 Å². The number of nitrogens with zero attached hydrogens (tertiary/aromatic N) is 2. The van der Waals surface area contributed by atoms with Crippen molar-refractivity contribution in [3.63, 3.8) is 0 Å². The zero-order valence-electron chi connectivity index (χ0n) is 10.2. The molecule has 1 amide bonds. The van der Waals surface area contributed by atoms with Crippen molar-refractivity contribution in [1.82, 2.24) is 9.88 Å². The molecular formula is C12H12Cl2N2O3. The van der Waals surface area contributed by atoms with Gasteiger partial charge in [0.1, 0.15) is 10.8 Å². The topological polar surface area (TPSA) is 59.5 Å². The van der Waals surface area contributed by atoms with Gasteiger partial charge in [0.05, 0.1) is 18.1 Å². The SMILES string of the molecule is COC(=O)C1CCN(C(=O)c2nc(Cl)ccc2Cl)C1. The molecule has 1 unspecified atom stereocenters. The second-order valence-electron chi connectivity index (χ2n) is 4.22. The van der Waals surface area contributed by atoms with E-state index in [0.717, 1.165) is 0 Å². The minimum Gasteiger partial charge on any atom is -0.469 e. The van der Waals surface area contributed by atoms with Gasteiger partial charge in [-0.2, -0.15) is 0 Å². The Morgan fingerprint density at radius 2 is 2.16 bits per heavy atom. The van der Waals surface area contributed by atoms with Gasteiger partial charge in [0.2, 0.25) is 0 Å². The molecule has 0 aromatic carbocycles. The molecule has 2 heterocycles. The third kappa shape index (κ3) is 2.98. The summed E-state index contributed by atoms with van der Waals surface area (Å²) in [5, 5.41) is 0.451. The van der Waals surface area contributed by atoms with Crippen LogP contribution < -0.4 is 0 Å². The highest BCUT2D eigenvalue weighted by Crippen LogP contribution is 2.23. The number of carbonyl (C=O) groups is 2. The summed E-state index contributed by atoms with van der Waals surface area (Å²) >= 11 is 11.7. The number of hydrogen-bond acceptors (Lipinski definition) is 4. The number of amides is 1. The largest absolute Gasteiger partial charge is 0.469 e. The Morgan fingerprint density at radius 1 is 1.42 bits per heavy atom. The van der Waals surface area contributed by atoms with Crippen molar-refractivity contribution in [2.24, 2.45) is 5.92 Å². The minimum atomic E-state index is -0.320. The zero-order valence-corrected chi connectivity index (χ0v) is 11.7. The molecule has 1 atom stereocenters. The average molecular weight is 303 g/mol. The first kappa shape index (κ1) is 14.1. The molecule has 0 N–H and O–H groups in total. The Morgan fingerprint density at radius 3 is 2.84 bits per heavy atom. The smallest absolute Gasteiger partial charge is 0.310 e. The van der Waals surface area contributed by atoms with Crippen LogP contribution in [0.5, 0.6) is 0 Å². The monoisotopic (exact) mass is 302 g/mol. The molecule has 0 saturated carbocycles. The molecule has 0 radical (unpaired) electrons. The number of esters is 1. The Labute approximate surface area is 120 Å². The first-order valence-corrected chi connectivity index (χ1v) is 6.47. The quantitative estimate of drug-likeness (QED) is 0.619. The third-order valence-electron chi connectivity index (χ3n) is 3.02. The summed E-state index contributed by atoms with van der Waals surface area (Å²) in [6.07, 6.45) is 0.580. The van der Waals surface area contributed by atoms with Crippen LogP contribution in [0, 0.1) is 5.92 Å². The van der Waals surface area contributed by atoms with E-state index >= 15 is 0 Å². The molecule has 1 fully saturated rings. The van der Waals surface area contributed by atoms with Crippen LogP contribution in [0.2, 0.25) is 10.2 Å². The Balaban J connectivity index is 2.13. The molecule has 5 nitrogen and oxygen atoms in total. The molecule has 19 heavy (non-hydrogen) atoms. The Bertz CT molecular complexity index is 522. The van der Waals surface area contributed by atoms with Crippen molar-refractivity contribution >= 4 is 35.1 Å². The summed E-state index contributed by atoms with van der Waals surface area (Å²) in [5.41, 5.74) is 0.111. The maximum absolute atomic E-state index is 12.2. The predicted octanol–water partition coefficient (Wildman–Crippen LogP) is 2.02. The van der Waals surface area contributed by atoms with Crippen molar-refractivity contribution in [3.05, 3.63) is 28.0 Å². The highest BCUT2D eigenvalue weighted by atomic mass is 35.5. The van der Waals surface area contributed by atoms with E-state index in [-0.39, 0.29) is 33.7 Å². The molecule has 0 aliphatic carbocycles. The number of pyridine rings is 1. The number of likely N-dealkylation sites (tertiary alicyclic amines) is 1. The molecular weight excluding hydrogens is 291 g/mol. The van der Waals surface area contributed by atoms with Crippen LogP contribution in [-0.2, 0) is 9.53 Å². The molecule has 1 aromatic rings. The maximum Gasteiger partial charge on any atom is 0.310 e. The van der Waals surface area contributed by atoms with Gasteiger partial charge in [-0.1, -0.05) is 23.2 Å². The molecule has 0 bridgehead atoms. The summed E-state index contributed by atoms with van der Waals surface area (Å²) in [6, 6.07) is 3.04. The van der Waals surface area contributed by atoms with Crippen LogP contribution in [-0.4, -0.2) is 42.0 Å². The number of hydrogen-bond donors (Lipinski definition) is 0. The van der Waals surface area contributed by atoms with E-state index < -0.39 is 0 Å². The summed E-state index contributed by atoms with van der Waals surface area (Å²) in [7, 11) is 1.34. The highest BCUT2D eigenvalue weighted by molar-refractivity contribution is 6.34. The van der Waals surface area contributed by atoms with Crippen LogP contribution in [0.25, 0.3) is 0 Å². The maximum atomic E-state index is 12.2. The van der Waals surface area contributed by atoms with Gasteiger partial charge in [-0.3, -0.25) is 9.59 Å². The molecule has 1 aromatic heterocycles. The minimum absolute atomic E-state index is 0.111. The number of carbonyl (C=O) groups excluding carboxylic acids is 2. The molecule has 1 aliphatic heterocycles. The Hall–Kier alpha value is -1.33. The van der Waals surface area contributed by atoms with Gasteiger partial charge in [0.15, 0.2) is 0 Å². The third-order valence-corrected chi connectivity index (χ3v) is 3.54. The first-order chi connectivity index (χ1) is 9.02. The van der Waals surface area contributed by atoms with Crippen molar-refractivity contribution in [2.45, 2.75) is 6.42 Å². The fraction of sp³-hybridized carbons (Fsp3) is 0.417. The number of aromatic nitrogens is 1. The van der Waals surface area contributed by atoms with Gasteiger partial charge in [-0.25, -0.2) is 4.98 Å². The molecule has 2 rings (SSSR count). The molecule has 0 spiro atoms. The van der Waals surface area contributed by atoms with E-state index in [4.69, 9.17) is 23.2 Å². The highest BCUT2D eigenvalue weighted by Gasteiger charge is 2.33. The average Bonchev–Trinajstić information content (AvgIpc) is 2.89. The number of ether oxygens (including phenoxy) is 1. The molecule has 102 valence electrons. The van der Waals surface area contributed by atoms with Crippen LogP contribution >= 0.6 is 23.2 Å². The lowest BCUT2D eigenvalue weighted by molar-refractivity contribution is -0.144. The normalized spacial score (nSPS) is 18.5. The van der Waals surface area contributed by atoms with E-state index in [1.54, 1.807) is 0 Å². The van der Waals surface area contributed by atoms with Gasteiger partial charge >= 0.3 is 5.97 Å². The first-order valence-electron chi connectivity index (χ1n) is 5.72. The predicted molar refractivity (Wildman–Crippen MR) is 70.3 cm³/mol. The molecule has 7 heteroatoms. The summed E-state index contributed by atoms with van der Waals surface area (Å²) < 4.78 is 4.67. The van der Waals surface area contributed by atoms with Crippen molar-refractivity contribution in [1.29, 1.82) is 0 Å². The standard InChI is InChI=1S/C12H12Cl2N2O3/c1-19-12(18)7-4-5-16(6-7)11(17)10-8(13)2-3-9(14)15-10/h2-3,7H,4-6H2,1H3. The van der Waals surface area contributed by atoms with Gasteiger partial charge in [-0.15, -0.1) is 0 Å². The van der Waals surface area contributed by atoms with E-state index in [2.05, 4.69) is 9.72 Å². The Kier molecular flexibility index (Phi) is 4.27. The molecule has 1 saturated heterocycles. The van der Waals surface area contributed by atoms with Crippen molar-refractivity contribution in [2.75, 3.05) is 20.2 Å². The van der Waals surface area contributed by atoms with E-state index in [1.807, 2.05) is 0 Å². The fourth-order valence-electron chi connectivity index (χ4n) is 2.02. The molecule has 1 aliphatic rings. The lowest BCUT2D eigenvalue weighted by atomic mass is 10.1. The van der Waals surface area contributed by atoms with Crippen molar-refractivity contribution < 1.29 is 14.3 Å². The summed E-state index contributed by atoms with van der Waals surface area (Å²) in [4.78, 5) is 29.1. The van der Waals surface area contributed by atoms with Gasteiger partial charge < -0.3 is 9.64 Å². The zero-order chi connectivity index (χ0) is 14.0. The number of halogens is 2. The van der Waals surface area contributed by atoms with Crippen LogP contribution in [0.1, 0.15) is 16.9 Å². The number of rotatable bonds is 2.